The summed E-state index contributed by atoms with van der Waals surface area (Å²) < 4.78 is 0. The molecule has 0 aliphatic carbocycles. The molecule has 0 unspecified atom stereocenters. The molecule has 2 heteroatoms. The summed E-state index contributed by atoms with van der Waals surface area (Å²) in [5.74, 6) is 0.558. The summed E-state index contributed by atoms with van der Waals surface area (Å²) in [6.45, 7) is 5.89. The van der Waals surface area contributed by atoms with Crippen LogP contribution in [0.1, 0.15) is 38.7 Å². The fourth-order valence-electron chi connectivity index (χ4n) is 1.33. The van der Waals surface area contributed by atoms with E-state index in [1.807, 2.05) is 12.1 Å². The summed E-state index contributed by atoms with van der Waals surface area (Å²) in [5.41, 5.74) is 2.19. The largest absolute Gasteiger partial charge is 0.326 e. The maximum Gasteiger partial charge on any atom is 0.221 e. The van der Waals surface area contributed by atoms with Crippen LogP contribution in [0.15, 0.2) is 24.3 Å². The monoisotopic (exact) mass is 191 g/mol. The van der Waals surface area contributed by atoms with Gasteiger partial charge in [-0.25, -0.2) is 0 Å². The summed E-state index contributed by atoms with van der Waals surface area (Å²) in [7, 11) is 0. The third kappa shape index (κ3) is 2.87. The van der Waals surface area contributed by atoms with Crippen molar-refractivity contribution >= 4 is 11.6 Å². The second-order valence-electron chi connectivity index (χ2n) is 3.61. The first-order valence-corrected chi connectivity index (χ1v) is 5.01. The highest BCUT2D eigenvalue weighted by Gasteiger charge is 2.02. The Balaban J connectivity index is 2.73. The molecule has 1 atom stereocenters. The number of hydrogen-bond acceptors (Lipinski definition) is 1. The zero-order valence-corrected chi connectivity index (χ0v) is 9.00. The van der Waals surface area contributed by atoms with E-state index in [9.17, 15) is 4.79 Å². The molecule has 0 aliphatic heterocycles. The Morgan fingerprint density at radius 2 is 1.93 bits per heavy atom. The van der Waals surface area contributed by atoms with E-state index >= 15 is 0 Å². The van der Waals surface area contributed by atoms with Gasteiger partial charge in [0.15, 0.2) is 0 Å². The van der Waals surface area contributed by atoms with Crippen LogP contribution in [0.5, 0.6) is 0 Å². The Hall–Kier alpha value is -1.31. The lowest BCUT2D eigenvalue weighted by Crippen LogP contribution is -2.05. The predicted molar refractivity (Wildman–Crippen MR) is 59.5 cm³/mol. The highest BCUT2D eigenvalue weighted by atomic mass is 16.1. The van der Waals surface area contributed by atoms with Crippen LogP contribution >= 0.6 is 0 Å². The van der Waals surface area contributed by atoms with Crippen LogP contribution in [0.2, 0.25) is 0 Å². The van der Waals surface area contributed by atoms with Crippen LogP contribution in [0.4, 0.5) is 5.69 Å². The minimum Gasteiger partial charge on any atom is -0.326 e. The highest BCUT2D eigenvalue weighted by Crippen LogP contribution is 2.20. The molecule has 76 valence electrons. The zero-order chi connectivity index (χ0) is 10.6. The first-order chi connectivity index (χ1) is 6.63. The molecule has 2 nitrogen and oxygen atoms in total. The SMILES string of the molecule is CC[C@@H](C)c1ccc(NC(C)=O)cc1. The second-order valence-corrected chi connectivity index (χ2v) is 3.61. The first-order valence-electron chi connectivity index (χ1n) is 5.01. The van der Waals surface area contributed by atoms with Crippen LogP contribution in [-0.4, -0.2) is 5.91 Å². The van der Waals surface area contributed by atoms with Gasteiger partial charge < -0.3 is 5.32 Å². The fourth-order valence-corrected chi connectivity index (χ4v) is 1.33. The number of amides is 1. The van der Waals surface area contributed by atoms with Gasteiger partial charge in [-0.3, -0.25) is 4.79 Å². The summed E-state index contributed by atoms with van der Waals surface area (Å²) in [6.07, 6.45) is 1.14. The molecule has 0 radical (unpaired) electrons. The average Bonchev–Trinajstić information content (AvgIpc) is 2.17. The van der Waals surface area contributed by atoms with E-state index in [0.29, 0.717) is 5.92 Å². The molecular formula is C12H17NO. The molecule has 0 fully saturated rings. The Labute approximate surface area is 85.3 Å². The van der Waals surface area contributed by atoms with Gasteiger partial charge >= 0.3 is 0 Å². The number of anilines is 1. The number of carbonyl (C=O) groups excluding carboxylic acids is 1. The smallest absolute Gasteiger partial charge is 0.221 e. The Kier molecular flexibility index (Phi) is 3.69. The third-order valence-electron chi connectivity index (χ3n) is 2.41. The fraction of sp³-hybridized carbons (Fsp3) is 0.417. The normalized spacial score (nSPS) is 12.2. The summed E-state index contributed by atoms with van der Waals surface area (Å²) in [4.78, 5) is 10.8. The van der Waals surface area contributed by atoms with Crippen molar-refractivity contribution in [2.24, 2.45) is 0 Å². The molecule has 1 amide bonds. The summed E-state index contributed by atoms with van der Waals surface area (Å²) >= 11 is 0. The number of hydrogen-bond donors (Lipinski definition) is 1. The van der Waals surface area contributed by atoms with Gasteiger partial charge in [0.05, 0.1) is 0 Å². The first kappa shape index (κ1) is 10.8. The molecule has 0 saturated carbocycles. The number of nitrogens with one attached hydrogen (secondary N) is 1. The zero-order valence-electron chi connectivity index (χ0n) is 9.00. The van der Waals surface area contributed by atoms with Gasteiger partial charge in [-0.2, -0.15) is 0 Å². The maximum atomic E-state index is 10.8. The van der Waals surface area contributed by atoms with Crippen molar-refractivity contribution in [2.75, 3.05) is 5.32 Å². The van der Waals surface area contributed by atoms with Crippen molar-refractivity contribution in [3.63, 3.8) is 0 Å². The van der Waals surface area contributed by atoms with E-state index in [1.54, 1.807) is 0 Å². The molecule has 0 saturated heterocycles. The van der Waals surface area contributed by atoms with E-state index in [1.165, 1.54) is 12.5 Å². The number of carbonyl (C=O) groups is 1. The molecule has 0 spiro atoms. The van der Waals surface area contributed by atoms with Crippen LogP contribution in [0.3, 0.4) is 0 Å². The van der Waals surface area contributed by atoms with Crippen LogP contribution in [0, 0.1) is 0 Å². The van der Waals surface area contributed by atoms with E-state index in [-0.39, 0.29) is 5.91 Å². The topological polar surface area (TPSA) is 29.1 Å². The van der Waals surface area contributed by atoms with Crippen molar-refractivity contribution in [2.45, 2.75) is 33.1 Å². The van der Waals surface area contributed by atoms with Gasteiger partial charge in [-0.15, -0.1) is 0 Å². The van der Waals surface area contributed by atoms with Crippen molar-refractivity contribution in [3.05, 3.63) is 29.8 Å². The maximum absolute atomic E-state index is 10.8. The minimum atomic E-state index is -0.0266. The lowest BCUT2D eigenvalue weighted by Gasteiger charge is -2.09. The van der Waals surface area contributed by atoms with Gasteiger partial charge in [0.2, 0.25) is 5.91 Å². The van der Waals surface area contributed by atoms with E-state index < -0.39 is 0 Å². The van der Waals surface area contributed by atoms with E-state index in [0.717, 1.165) is 12.1 Å². The van der Waals surface area contributed by atoms with Gasteiger partial charge in [0, 0.05) is 12.6 Å². The van der Waals surface area contributed by atoms with Crippen LogP contribution < -0.4 is 5.32 Å². The standard InChI is InChI=1S/C12H17NO/c1-4-9(2)11-5-7-12(8-6-11)13-10(3)14/h5-9H,4H2,1-3H3,(H,13,14)/t9-/m1/s1. The minimum absolute atomic E-state index is 0.0266. The lowest BCUT2D eigenvalue weighted by atomic mass is 9.99. The van der Waals surface area contributed by atoms with Crippen molar-refractivity contribution in [1.29, 1.82) is 0 Å². The molecule has 1 aromatic carbocycles. The number of benzene rings is 1. The quantitative estimate of drug-likeness (QED) is 0.781. The molecule has 0 aromatic heterocycles. The van der Waals surface area contributed by atoms with Gasteiger partial charge in [0.25, 0.3) is 0 Å². The average molecular weight is 191 g/mol. The summed E-state index contributed by atoms with van der Waals surface area (Å²) in [6, 6.07) is 8.03. The van der Waals surface area contributed by atoms with Gasteiger partial charge in [0.1, 0.15) is 0 Å². The predicted octanol–water partition coefficient (Wildman–Crippen LogP) is 3.16. The molecule has 0 heterocycles. The highest BCUT2D eigenvalue weighted by molar-refractivity contribution is 5.88. The lowest BCUT2D eigenvalue weighted by molar-refractivity contribution is -0.114. The van der Waals surface area contributed by atoms with Gasteiger partial charge in [-0.1, -0.05) is 26.0 Å². The van der Waals surface area contributed by atoms with Crippen LogP contribution in [-0.2, 0) is 4.79 Å². The molecule has 0 aliphatic rings. The molecule has 1 aromatic rings. The second kappa shape index (κ2) is 4.80. The van der Waals surface area contributed by atoms with Crippen molar-refractivity contribution < 1.29 is 4.79 Å². The molecule has 1 N–H and O–H groups in total. The third-order valence-corrected chi connectivity index (χ3v) is 2.41. The Bertz CT molecular complexity index is 303. The van der Waals surface area contributed by atoms with E-state index in [4.69, 9.17) is 0 Å². The van der Waals surface area contributed by atoms with E-state index in [2.05, 4.69) is 31.3 Å². The Morgan fingerprint density at radius 3 is 2.36 bits per heavy atom. The summed E-state index contributed by atoms with van der Waals surface area (Å²) in [5, 5.41) is 2.75. The molecular weight excluding hydrogens is 174 g/mol. The molecule has 14 heavy (non-hydrogen) atoms. The number of rotatable bonds is 3. The van der Waals surface area contributed by atoms with Crippen LogP contribution in [0.25, 0.3) is 0 Å². The molecule has 1 rings (SSSR count). The van der Waals surface area contributed by atoms with Gasteiger partial charge in [-0.05, 0) is 30.0 Å². The molecule has 0 bridgehead atoms. The van der Waals surface area contributed by atoms with Crippen molar-refractivity contribution in [3.8, 4) is 0 Å². The Morgan fingerprint density at radius 1 is 1.36 bits per heavy atom. The van der Waals surface area contributed by atoms with Crippen molar-refractivity contribution in [1.82, 2.24) is 0 Å².